The summed E-state index contributed by atoms with van der Waals surface area (Å²) >= 11 is 0. The Hall–Kier alpha value is -4.90. The van der Waals surface area contributed by atoms with Crippen molar-refractivity contribution in [3.63, 3.8) is 0 Å². The van der Waals surface area contributed by atoms with Crippen LogP contribution in [0.2, 0.25) is 0 Å². The number of benzene rings is 4. The fourth-order valence-electron chi connectivity index (χ4n) is 11.1. The van der Waals surface area contributed by atoms with Crippen LogP contribution in [0.15, 0.2) is 72.8 Å². The summed E-state index contributed by atoms with van der Waals surface area (Å²) in [4.78, 5) is 33.3. The Morgan fingerprint density at radius 2 is 1.52 bits per heavy atom. The molecule has 2 amide bonds. The number of carbonyl (C=O) groups is 2. The second kappa shape index (κ2) is 17.1. The predicted molar refractivity (Wildman–Crippen MR) is 243 cm³/mol. The van der Waals surface area contributed by atoms with Gasteiger partial charge in [-0.2, -0.15) is 0 Å². The number of hydrogen-bond donors (Lipinski definition) is 4. The maximum absolute atomic E-state index is 14.5. The van der Waals surface area contributed by atoms with Gasteiger partial charge in [-0.05, 0) is 115 Å². The zero-order chi connectivity index (χ0) is 41.5. The molecule has 4 aromatic rings. The van der Waals surface area contributed by atoms with E-state index in [0.29, 0.717) is 18.9 Å². The molecule has 3 atom stereocenters. The molecule has 4 heterocycles. The van der Waals surface area contributed by atoms with Gasteiger partial charge in [0, 0.05) is 79.8 Å². The molecule has 320 valence electrons. The maximum atomic E-state index is 14.5. The third-order valence-corrected chi connectivity index (χ3v) is 14.8. The van der Waals surface area contributed by atoms with Gasteiger partial charge in [-0.1, -0.05) is 67.4 Å². The van der Waals surface area contributed by atoms with Crippen LogP contribution < -0.4 is 26.2 Å². The first kappa shape index (κ1) is 40.2. The normalized spacial score (nSPS) is 23.2. The Kier molecular flexibility index (Phi) is 11.3. The number of morpholine rings is 2. The molecule has 61 heavy (non-hydrogen) atoms. The monoisotopic (exact) mass is 822 g/mol. The lowest BCUT2D eigenvalue weighted by molar-refractivity contribution is -0.122. The van der Waals surface area contributed by atoms with Crippen molar-refractivity contribution in [2.75, 3.05) is 80.0 Å². The molecule has 10 heteroatoms. The van der Waals surface area contributed by atoms with E-state index in [1.807, 2.05) is 6.07 Å². The van der Waals surface area contributed by atoms with Crippen LogP contribution in [0.5, 0.6) is 0 Å². The number of aryl methyl sites for hydroxylation is 2. The highest BCUT2D eigenvalue weighted by molar-refractivity contribution is 5.99. The summed E-state index contributed by atoms with van der Waals surface area (Å²) in [6.07, 6.45) is 8.24. The SMILES string of the molecule is Cc1ccc(NC(=O)C2Nc3c(C)ccc(Cc4cccc5c4NC(C(=O)NCC4(c6ccccc6N6CCOCC6)CC4)C5)c3C2C2CCCC2)cc1CN1CCOCC1. The Morgan fingerprint density at radius 3 is 2.31 bits per heavy atom. The standard InChI is InChI=1S/C51H62N6O4/c1-33-15-17-40(29-39(33)31-56-20-24-60-25-21-56)53-50(59)48-44(35-8-3-4-9-35)45-36(16-14-34(2)46(45)55-48)28-37-10-7-11-38-30-42(54-47(37)38)49(58)52-32-51(18-19-51)41-12-5-6-13-43(41)57-22-26-61-27-23-57/h5-7,10-17,29,35,42,44,48,54-55H,3-4,8-9,18-28,30-32H2,1-2H3,(H,52,58)(H,53,59). The number of para-hydroxylation sites is 2. The van der Waals surface area contributed by atoms with Crippen molar-refractivity contribution < 1.29 is 19.1 Å². The summed E-state index contributed by atoms with van der Waals surface area (Å²) < 4.78 is 11.2. The van der Waals surface area contributed by atoms with E-state index in [-0.39, 0.29) is 35.2 Å². The molecular formula is C51H62N6O4. The molecule has 2 saturated heterocycles. The third-order valence-electron chi connectivity index (χ3n) is 14.8. The van der Waals surface area contributed by atoms with Crippen molar-refractivity contribution in [2.24, 2.45) is 5.92 Å². The molecule has 2 saturated carbocycles. The summed E-state index contributed by atoms with van der Waals surface area (Å²) in [5.41, 5.74) is 14.3. The number of nitrogens with one attached hydrogen (secondary N) is 4. The summed E-state index contributed by atoms with van der Waals surface area (Å²) in [7, 11) is 0. The predicted octanol–water partition coefficient (Wildman–Crippen LogP) is 7.45. The van der Waals surface area contributed by atoms with E-state index in [0.717, 1.165) is 108 Å². The molecule has 10 rings (SSSR count). The highest BCUT2D eigenvalue weighted by Crippen LogP contribution is 2.52. The minimum atomic E-state index is -0.356. The number of fused-ring (bicyclic) bond motifs is 2. The van der Waals surface area contributed by atoms with E-state index in [4.69, 9.17) is 9.47 Å². The number of ether oxygens (including phenoxy) is 2. The lowest BCUT2D eigenvalue weighted by Gasteiger charge is -2.32. The van der Waals surface area contributed by atoms with Crippen LogP contribution in [0, 0.1) is 19.8 Å². The van der Waals surface area contributed by atoms with Crippen molar-refractivity contribution in [1.82, 2.24) is 10.2 Å². The lowest BCUT2D eigenvalue weighted by Crippen LogP contribution is -2.42. The maximum Gasteiger partial charge on any atom is 0.247 e. The molecule has 0 aromatic heterocycles. The zero-order valence-corrected chi connectivity index (χ0v) is 36.0. The second-order valence-corrected chi connectivity index (χ2v) is 18.7. The fraction of sp³-hybridized carbons (Fsp3) is 0.490. The molecular weight excluding hydrogens is 761 g/mol. The molecule has 0 spiro atoms. The molecule has 6 aliphatic rings. The van der Waals surface area contributed by atoms with E-state index in [1.54, 1.807) is 0 Å². The average molecular weight is 823 g/mol. The van der Waals surface area contributed by atoms with E-state index in [2.05, 4.69) is 112 Å². The van der Waals surface area contributed by atoms with E-state index >= 15 is 0 Å². The number of carbonyl (C=O) groups excluding carboxylic acids is 2. The van der Waals surface area contributed by atoms with Gasteiger partial charge in [-0.3, -0.25) is 14.5 Å². The highest BCUT2D eigenvalue weighted by atomic mass is 16.5. The molecule has 4 aromatic carbocycles. The fourth-order valence-corrected chi connectivity index (χ4v) is 11.1. The smallest absolute Gasteiger partial charge is 0.247 e. The van der Waals surface area contributed by atoms with Crippen molar-refractivity contribution in [3.05, 3.63) is 117 Å². The van der Waals surface area contributed by atoms with E-state index in [9.17, 15) is 9.59 Å². The minimum absolute atomic E-state index is 0.0161. The van der Waals surface area contributed by atoms with Gasteiger partial charge in [-0.25, -0.2) is 0 Å². The van der Waals surface area contributed by atoms with Gasteiger partial charge >= 0.3 is 0 Å². The Morgan fingerprint density at radius 1 is 0.770 bits per heavy atom. The Bertz CT molecular complexity index is 2270. The molecule has 0 radical (unpaired) electrons. The Labute approximate surface area is 361 Å². The summed E-state index contributed by atoms with van der Waals surface area (Å²) in [6.45, 7) is 12.5. The van der Waals surface area contributed by atoms with Crippen LogP contribution in [0.25, 0.3) is 0 Å². The highest BCUT2D eigenvalue weighted by Gasteiger charge is 2.47. The number of rotatable bonds is 12. The first-order chi connectivity index (χ1) is 29.8. The minimum Gasteiger partial charge on any atom is -0.379 e. The molecule has 4 N–H and O–H groups in total. The van der Waals surface area contributed by atoms with E-state index < -0.39 is 0 Å². The molecule has 4 fully saturated rings. The quantitative estimate of drug-likeness (QED) is 0.117. The van der Waals surface area contributed by atoms with Crippen molar-refractivity contribution >= 4 is 34.6 Å². The van der Waals surface area contributed by atoms with E-state index in [1.165, 1.54) is 63.0 Å². The second-order valence-electron chi connectivity index (χ2n) is 18.7. The number of amides is 2. The summed E-state index contributed by atoms with van der Waals surface area (Å²) in [5, 5.41) is 14.3. The summed E-state index contributed by atoms with van der Waals surface area (Å²) in [5.74, 6) is 0.614. The molecule has 10 nitrogen and oxygen atoms in total. The number of hydrogen-bond acceptors (Lipinski definition) is 8. The lowest BCUT2D eigenvalue weighted by atomic mass is 9.78. The third kappa shape index (κ3) is 8.15. The summed E-state index contributed by atoms with van der Waals surface area (Å²) in [6, 6.07) is 25.5. The largest absolute Gasteiger partial charge is 0.379 e. The van der Waals surface area contributed by atoms with Gasteiger partial charge in [0.1, 0.15) is 12.1 Å². The van der Waals surface area contributed by atoms with Gasteiger partial charge in [0.15, 0.2) is 0 Å². The topological polar surface area (TPSA) is 107 Å². The number of anilines is 4. The molecule has 2 aliphatic carbocycles. The first-order valence-electron chi connectivity index (χ1n) is 23.0. The van der Waals surface area contributed by atoms with Crippen molar-refractivity contribution in [3.8, 4) is 0 Å². The van der Waals surface area contributed by atoms with Gasteiger partial charge in [0.05, 0.1) is 26.4 Å². The average Bonchev–Trinajstić information content (AvgIpc) is 3.60. The van der Waals surface area contributed by atoms with Gasteiger partial charge < -0.3 is 35.6 Å². The van der Waals surface area contributed by atoms with Crippen LogP contribution in [-0.2, 0) is 43.9 Å². The van der Waals surface area contributed by atoms with Gasteiger partial charge in [0.2, 0.25) is 11.8 Å². The number of nitrogens with zero attached hydrogens (tertiary/aromatic N) is 2. The van der Waals surface area contributed by atoms with Crippen LogP contribution >= 0.6 is 0 Å². The van der Waals surface area contributed by atoms with Crippen LogP contribution in [0.3, 0.4) is 0 Å². The van der Waals surface area contributed by atoms with Crippen molar-refractivity contribution in [2.45, 2.75) is 95.2 Å². The van der Waals surface area contributed by atoms with Gasteiger partial charge in [0.25, 0.3) is 0 Å². The van der Waals surface area contributed by atoms with Gasteiger partial charge in [-0.15, -0.1) is 0 Å². The first-order valence-corrected chi connectivity index (χ1v) is 23.0. The molecule has 4 aliphatic heterocycles. The zero-order valence-electron chi connectivity index (χ0n) is 36.0. The van der Waals surface area contributed by atoms with Crippen molar-refractivity contribution in [1.29, 1.82) is 0 Å². The van der Waals surface area contributed by atoms with Crippen LogP contribution in [0.4, 0.5) is 22.7 Å². The molecule has 0 bridgehead atoms. The van der Waals surface area contributed by atoms with Crippen LogP contribution in [-0.4, -0.2) is 87.9 Å². The molecule has 3 unspecified atom stereocenters. The Balaban J connectivity index is 0.850. The van der Waals surface area contributed by atoms with Crippen LogP contribution in [0.1, 0.15) is 89.0 Å².